The molecular formula is C27H26FN3O3. The molecule has 0 aliphatic heterocycles. The van der Waals surface area contributed by atoms with E-state index in [1.807, 2.05) is 42.5 Å². The minimum Gasteiger partial charge on any atom is -0.497 e. The van der Waals surface area contributed by atoms with Crippen molar-refractivity contribution in [3.63, 3.8) is 0 Å². The minimum absolute atomic E-state index is 0.196. The maximum absolute atomic E-state index is 13.4. The lowest BCUT2D eigenvalue weighted by molar-refractivity contribution is -0.116. The number of hydrogen-bond acceptors (Lipinski definition) is 4. The molecule has 7 heteroatoms. The summed E-state index contributed by atoms with van der Waals surface area (Å²) in [5.74, 6) is -0.198. The molecule has 34 heavy (non-hydrogen) atoms. The van der Waals surface area contributed by atoms with E-state index in [1.165, 1.54) is 34.4 Å². The normalized spacial score (nSPS) is 10.8. The summed E-state index contributed by atoms with van der Waals surface area (Å²) in [7, 11) is 1.55. The highest BCUT2D eigenvalue weighted by atomic mass is 19.1. The Labute approximate surface area is 197 Å². The molecule has 0 aliphatic rings. The molecule has 0 bridgehead atoms. The molecule has 4 aromatic rings. The maximum atomic E-state index is 13.4. The van der Waals surface area contributed by atoms with Crippen LogP contribution in [0, 0.1) is 5.82 Å². The van der Waals surface area contributed by atoms with Crippen molar-refractivity contribution in [2.24, 2.45) is 0 Å². The number of methoxy groups -OCH3 is 1. The van der Waals surface area contributed by atoms with Crippen LogP contribution >= 0.6 is 0 Å². The first kappa shape index (κ1) is 23.0. The van der Waals surface area contributed by atoms with Gasteiger partial charge in [-0.2, -0.15) is 0 Å². The standard InChI is InChI=1S/C27H26FN3O3/c1-3-18-4-9-22(10-5-18)29-16-20-14-19-6-13-24(34-2)15-25(19)31(27(20)33)17-26(32)30-23-11-7-21(28)8-12-23/h4-15,29H,3,16-17H2,1-2H3,(H,30,32). The molecule has 4 rings (SSSR count). The van der Waals surface area contributed by atoms with E-state index in [4.69, 9.17) is 4.74 Å². The molecule has 0 atom stereocenters. The number of nitrogens with one attached hydrogen (secondary N) is 2. The van der Waals surface area contributed by atoms with Crippen LogP contribution in [0.15, 0.2) is 77.6 Å². The molecule has 0 saturated carbocycles. The first-order valence-electron chi connectivity index (χ1n) is 11.1. The Kier molecular flexibility index (Phi) is 6.92. The molecule has 0 aliphatic carbocycles. The van der Waals surface area contributed by atoms with E-state index >= 15 is 0 Å². The molecule has 0 fully saturated rings. The van der Waals surface area contributed by atoms with Crippen molar-refractivity contribution in [1.82, 2.24) is 4.57 Å². The van der Waals surface area contributed by atoms with Crippen molar-refractivity contribution in [1.29, 1.82) is 0 Å². The van der Waals surface area contributed by atoms with Gasteiger partial charge in [-0.3, -0.25) is 14.2 Å². The summed E-state index contributed by atoms with van der Waals surface area (Å²) < 4.78 is 19.9. The Morgan fingerprint density at radius 3 is 2.35 bits per heavy atom. The van der Waals surface area contributed by atoms with Gasteiger partial charge in [-0.15, -0.1) is 0 Å². The third-order valence-corrected chi connectivity index (χ3v) is 5.65. The van der Waals surface area contributed by atoms with Gasteiger partial charge in [-0.1, -0.05) is 19.1 Å². The van der Waals surface area contributed by atoms with Crippen LogP contribution in [-0.4, -0.2) is 17.6 Å². The lowest BCUT2D eigenvalue weighted by atomic mass is 10.1. The average molecular weight is 460 g/mol. The van der Waals surface area contributed by atoms with Gasteiger partial charge in [-0.25, -0.2) is 4.39 Å². The van der Waals surface area contributed by atoms with Gasteiger partial charge in [0.2, 0.25) is 5.91 Å². The van der Waals surface area contributed by atoms with Crippen molar-refractivity contribution in [2.75, 3.05) is 17.7 Å². The molecule has 0 unspecified atom stereocenters. The average Bonchev–Trinajstić information content (AvgIpc) is 2.86. The van der Waals surface area contributed by atoms with Gasteiger partial charge in [0.15, 0.2) is 0 Å². The second-order valence-corrected chi connectivity index (χ2v) is 7.94. The lowest BCUT2D eigenvalue weighted by Gasteiger charge is -2.15. The van der Waals surface area contributed by atoms with E-state index in [0.29, 0.717) is 29.1 Å². The first-order valence-corrected chi connectivity index (χ1v) is 11.1. The number of hydrogen-bond donors (Lipinski definition) is 2. The van der Waals surface area contributed by atoms with Crippen molar-refractivity contribution in [3.8, 4) is 5.75 Å². The van der Waals surface area contributed by atoms with Crippen LogP contribution in [0.4, 0.5) is 15.8 Å². The van der Waals surface area contributed by atoms with Crippen molar-refractivity contribution in [2.45, 2.75) is 26.4 Å². The van der Waals surface area contributed by atoms with Gasteiger partial charge in [0.25, 0.3) is 5.56 Å². The van der Waals surface area contributed by atoms with E-state index in [2.05, 4.69) is 17.6 Å². The molecular weight excluding hydrogens is 433 g/mol. The number of halogens is 1. The van der Waals surface area contributed by atoms with E-state index in [9.17, 15) is 14.0 Å². The highest BCUT2D eigenvalue weighted by Crippen LogP contribution is 2.21. The van der Waals surface area contributed by atoms with E-state index < -0.39 is 11.7 Å². The zero-order valence-electron chi connectivity index (χ0n) is 19.1. The molecule has 1 amide bonds. The number of carbonyl (C=O) groups is 1. The molecule has 174 valence electrons. The number of fused-ring (bicyclic) bond motifs is 1. The number of aromatic nitrogens is 1. The summed E-state index contributed by atoms with van der Waals surface area (Å²) in [6.45, 7) is 2.21. The Morgan fingerprint density at radius 1 is 0.971 bits per heavy atom. The number of rotatable bonds is 8. The number of amides is 1. The largest absolute Gasteiger partial charge is 0.497 e. The predicted octanol–water partition coefficient (Wildman–Crippen LogP) is 4.96. The summed E-state index contributed by atoms with van der Waals surface area (Å²) in [5, 5.41) is 6.82. The zero-order valence-corrected chi connectivity index (χ0v) is 19.1. The Balaban J connectivity index is 1.64. The fourth-order valence-corrected chi connectivity index (χ4v) is 3.76. The Morgan fingerprint density at radius 2 is 1.68 bits per heavy atom. The zero-order chi connectivity index (χ0) is 24.1. The topological polar surface area (TPSA) is 72.4 Å². The summed E-state index contributed by atoms with van der Waals surface area (Å²) in [4.78, 5) is 26.1. The molecule has 6 nitrogen and oxygen atoms in total. The van der Waals surface area contributed by atoms with Gasteiger partial charge in [0, 0.05) is 29.5 Å². The van der Waals surface area contributed by atoms with Gasteiger partial charge >= 0.3 is 0 Å². The molecule has 3 aromatic carbocycles. The molecule has 1 aromatic heterocycles. The SMILES string of the molecule is CCc1ccc(NCc2cc3ccc(OC)cc3n(CC(=O)Nc3ccc(F)cc3)c2=O)cc1. The van der Waals surface area contributed by atoms with Crippen LogP contribution in [0.2, 0.25) is 0 Å². The van der Waals surface area contributed by atoms with Gasteiger partial charge in [0.05, 0.1) is 12.6 Å². The maximum Gasteiger partial charge on any atom is 0.256 e. The van der Waals surface area contributed by atoms with Gasteiger partial charge in [-0.05, 0) is 72.0 Å². The second-order valence-electron chi connectivity index (χ2n) is 7.94. The smallest absolute Gasteiger partial charge is 0.256 e. The first-order chi connectivity index (χ1) is 16.5. The third-order valence-electron chi connectivity index (χ3n) is 5.65. The molecule has 0 radical (unpaired) electrons. The number of aryl methyl sites for hydroxylation is 1. The van der Waals surface area contributed by atoms with E-state index in [1.54, 1.807) is 13.2 Å². The van der Waals surface area contributed by atoms with Gasteiger partial charge in [0.1, 0.15) is 18.1 Å². The van der Waals surface area contributed by atoms with Crippen LogP contribution in [0.3, 0.4) is 0 Å². The van der Waals surface area contributed by atoms with Crippen molar-refractivity contribution >= 4 is 28.2 Å². The molecule has 0 saturated heterocycles. The quantitative estimate of drug-likeness (QED) is 0.391. The van der Waals surface area contributed by atoms with Crippen molar-refractivity contribution in [3.05, 3.63) is 100 Å². The highest BCUT2D eigenvalue weighted by Gasteiger charge is 2.14. The Hall–Kier alpha value is -4.13. The second kappa shape index (κ2) is 10.2. The fourth-order valence-electron chi connectivity index (χ4n) is 3.76. The summed E-state index contributed by atoms with van der Waals surface area (Å²) in [6, 6.07) is 20.8. The highest BCUT2D eigenvalue weighted by molar-refractivity contribution is 5.92. The van der Waals surface area contributed by atoms with Crippen LogP contribution in [0.25, 0.3) is 10.9 Å². The Bertz CT molecular complexity index is 1360. The van der Waals surface area contributed by atoms with E-state index in [-0.39, 0.29) is 12.1 Å². The minimum atomic E-state index is -0.392. The van der Waals surface area contributed by atoms with Gasteiger partial charge < -0.3 is 15.4 Å². The van der Waals surface area contributed by atoms with Crippen LogP contribution in [0.1, 0.15) is 18.1 Å². The third kappa shape index (κ3) is 5.26. The lowest BCUT2D eigenvalue weighted by Crippen LogP contribution is -2.30. The number of nitrogens with zero attached hydrogens (tertiary/aromatic N) is 1. The van der Waals surface area contributed by atoms with Crippen molar-refractivity contribution < 1.29 is 13.9 Å². The number of benzene rings is 3. The van der Waals surface area contributed by atoms with E-state index in [0.717, 1.165) is 17.5 Å². The summed E-state index contributed by atoms with van der Waals surface area (Å²) in [6.07, 6.45) is 0.957. The fraction of sp³-hybridized carbons (Fsp3) is 0.185. The number of pyridine rings is 1. The monoisotopic (exact) mass is 459 g/mol. The van der Waals surface area contributed by atoms with Crippen LogP contribution in [0.5, 0.6) is 5.75 Å². The van der Waals surface area contributed by atoms with Crippen LogP contribution < -0.4 is 20.9 Å². The molecule has 1 heterocycles. The number of anilines is 2. The summed E-state index contributed by atoms with van der Waals surface area (Å²) >= 11 is 0. The molecule has 0 spiro atoms. The number of ether oxygens (including phenoxy) is 1. The summed E-state index contributed by atoms with van der Waals surface area (Å²) in [5.41, 5.74) is 3.45. The predicted molar refractivity (Wildman–Crippen MR) is 133 cm³/mol. The number of carbonyl (C=O) groups excluding carboxylic acids is 1. The van der Waals surface area contributed by atoms with Crippen LogP contribution in [-0.2, 0) is 24.3 Å². The molecule has 2 N–H and O–H groups in total.